The predicted molar refractivity (Wildman–Crippen MR) is 59.8 cm³/mol. The molecule has 0 aliphatic rings. The first-order valence-electron chi connectivity index (χ1n) is 5.24. The molecule has 0 amide bonds. The standard InChI is InChI=1S/C11H15BF3O.K/c1-8(2)10-5-4-9(3)6-11(10)16-7-12(13,14)15;/h4-6,8H,7H2,1-3H3;/q-1;+1. The van der Waals surface area contributed by atoms with Gasteiger partial charge in [0.2, 0.25) is 0 Å². The molecule has 0 fully saturated rings. The number of hydrogen-bond acceptors (Lipinski definition) is 1. The quantitative estimate of drug-likeness (QED) is 0.738. The average molecular weight is 270 g/mol. The summed E-state index contributed by atoms with van der Waals surface area (Å²) in [6.07, 6.45) is 0. The Balaban J connectivity index is 0.00000256. The summed E-state index contributed by atoms with van der Waals surface area (Å²) in [5.74, 6) is 0.491. The topological polar surface area (TPSA) is 9.23 Å². The summed E-state index contributed by atoms with van der Waals surface area (Å²) in [5, 5.41) is 0. The minimum Gasteiger partial charge on any atom is -0.521 e. The molecule has 0 heterocycles. The Morgan fingerprint density at radius 3 is 2.29 bits per heavy atom. The van der Waals surface area contributed by atoms with Gasteiger partial charge in [-0.05, 0) is 30.0 Å². The van der Waals surface area contributed by atoms with E-state index in [0.717, 1.165) is 11.1 Å². The first-order valence-corrected chi connectivity index (χ1v) is 5.24. The third-order valence-electron chi connectivity index (χ3n) is 2.22. The molecule has 1 rings (SSSR count). The summed E-state index contributed by atoms with van der Waals surface area (Å²) in [4.78, 5) is 0. The molecule has 90 valence electrons. The molecule has 0 spiro atoms. The Morgan fingerprint density at radius 2 is 1.82 bits per heavy atom. The number of rotatable bonds is 4. The summed E-state index contributed by atoms with van der Waals surface area (Å²) < 4.78 is 41.2. The maximum Gasteiger partial charge on any atom is 1.00 e. The number of aryl methyl sites for hydroxylation is 1. The zero-order valence-electron chi connectivity index (χ0n) is 10.6. The Bertz CT molecular complexity index is 366. The second-order valence-electron chi connectivity index (χ2n) is 4.22. The summed E-state index contributed by atoms with van der Waals surface area (Å²) in [7, 11) is 0. The van der Waals surface area contributed by atoms with Crippen molar-refractivity contribution in [3.63, 3.8) is 0 Å². The zero-order chi connectivity index (χ0) is 12.3. The van der Waals surface area contributed by atoms with Gasteiger partial charge in [-0.25, -0.2) is 0 Å². The van der Waals surface area contributed by atoms with Gasteiger partial charge in [0, 0.05) is 0 Å². The largest absolute Gasteiger partial charge is 1.00 e. The third-order valence-corrected chi connectivity index (χ3v) is 2.22. The Morgan fingerprint density at radius 1 is 1.24 bits per heavy atom. The van der Waals surface area contributed by atoms with E-state index < -0.39 is 13.5 Å². The smallest absolute Gasteiger partial charge is 0.521 e. The van der Waals surface area contributed by atoms with Gasteiger partial charge in [-0.1, -0.05) is 26.0 Å². The van der Waals surface area contributed by atoms with Crippen LogP contribution in [0.2, 0.25) is 0 Å². The fraction of sp³-hybridized carbons (Fsp3) is 0.455. The predicted octanol–water partition coefficient (Wildman–Crippen LogP) is 0.888. The van der Waals surface area contributed by atoms with Gasteiger partial charge in [0.25, 0.3) is 0 Å². The van der Waals surface area contributed by atoms with E-state index in [4.69, 9.17) is 4.74 Å². The maximum absolute atomic E-state index is 12.1. The Kier molecular flexibility index (Phi) is 7.40. The molecule has 0 aliphatic heterocycles. The molecule has 1 aromatic rings. The van der Waals surface area contributed by atoms with Gasteiger partial charge in [-0.2, -0.15) is 0 Å². The first-order chi connectivity index (χ1) is 7.29. The van der Waals surface area contributed by atoms with E-state index in [1.807, 2.05) is 32.9 Å². The second kappa shape index (κ2) is 7.19. The van der Waals surface area contributed by atoms with Crippen molar-refractivity contribution in [3.8, 4) is 5.75 Å². The molecule has 0 saturated carbocycles. The number of ether oxygens (including phenoxy) is 1. The van der Waals surface area contributed by atoms with Crippen molar-refractivity contribution in [2.24, 2.45) is 0 Å². The van der Waals surface area contributed by atoms with Crippen molar-refractivity contribution in [3.05, 3.63) is 29.3 Å². The van der Waals surface area contributed by atoms with Crippen LogP contribution in [0.15, 0.2) is 18.2 Å². The van der Waals surface area contributed by atoms with Crippen LogP contribution in [0.4, 0.5) is 12.9 Å². The molecule has 0 aromatic heterocycles. The van der Waals surface area contributed by atoms with Gasteiger partial charge in [0.05, 0.1) is 6.51 Å². The Hall–Kier alpha value is 0.511. The molecule has 0 bridgehead atoms. The minimum absolute atomic E-state index is 0. The van der Waals surface area contributed by atoms with Crippen LogP contribution in [0.1, 0.15) is 30.9 Å². The van der Waals surface area contributed by atoms with E-state index in [9.17, 15) is 12.9 Å². The molecule has 0 N–H and O–H groups in total. The van der Waals surface area contributed by atoms with Gasteiger partial charge in [0.1, 0.15) is 5.75 Å². The maximum atomic E-state index is 12.1. The van der Waals surface area contributed by atoms with Crippen molar-refractivity contribution in [2.75, 3.05) is 6.51 Å². The van der Waals surface area contributed by atoms with Crippen LogP contribution < -0.4 is 56.1 Å². The summed E-state index contributed by atoms with van der Waals surface area (Å²) in [6.45, 7) is -0.393. The van der Waals surface area contributed by atoms with Crippen molar-refractivity contribution >= 4 is 6.98 Å². The van der Waals surface area contributed by atoms with Gasteiger partial charge in [-0.15, -0.1) is 0 Å². The summed E-state index contributed by atoms with van der Waals surface area (Å²) >= 11 is 0. The van der Waals surface area contributed by atoms with Crippen LogP contribution in [-0.2, 0) is 0 Å². The fourth-order valence-corrected chi connectivity index (χ4v) is 1.43. The number of halogens is 3. The normalized spacial score (nSPS) is 11.2. The minimum atomic E-state index is -4.90. The summed E-state index contributed by atoms with van der Waals surface area (Å²) in [6, 6.07) is 5.34. The van der Waals surface area contributed by atoms with Crippen LogP contribution in [-0.4, -0.2) is 13.5 Å². The van der Waals surface area contributed by atoms with E-state index in [1.165, 1.54) is 0 Å². The van der Waals surface area contributed by atoms with Gasteiger partial charge >= 0.3 is 58.4 Å². The van der Waals surface area contributed by atoms with Gasteiger partial charge in [0.15, 0.2) is 0 Å². The Labute approximate surface area is 143 Å². The van der Waals surface area contributed by atoms with Gasteiger partial charge < -0.3 is 17.7 Å². The van der Waals surface area contributed by atoms with E-state index in [1.54, 1.807) is 6.07 Å². The molecule has 6 heteroatoms. The molecule has 1 aromatic carbocycles. The van der Waals surface area contributed by atoms with E-state index in [0.29, 0.717) is 5.75 Å². The monoisotopic (exact) mass is 270 g/mol. The van der Waals surface area contributed by atoms with Crippen molar-refractivity contribution in [1.29, 1.82) is 0 Å². The van der Waals surface area contributed by atoms with Crippen LogP contribution in [0.25, 0.3) is 0 Å². The van der Waals surface area contributed by atoms with Crippen molar-refractivity contribution in [1.82, 2.24) is 0 Å². The molecular formula is C11H15BF3KO. The molecule has 0 aliphatic carbocycles. The second-order valence-corrected chi connectivity index (χ2v) is 4.22. The zero-order valence-corrected chi connectivity index (χ0v) is 13.8. The van der Waals surface area contributed by atoms with Crippen LogP contribution in [0, 0.1) is 6.92 Å². The molecule has 0 saturated heterocycles. The molecule has 0 atom stereocenters. The van der Waals surface area contributed by atoms with Crippen LogP contribution in [0.5, 0.6) is 5.75 Å². The molecule has 0 unspecified atom stereocenters. The van der Waals surface area contributed by atoms with E-state index in [2.05, 4.69) is 0 Å². The molecule has 0 radical (unpaired) electrons. The fourth-order valence-electron chi connectivity index (χ4n) is 1.43. The first kappa shape index (κ1) is 17.5. The molecule has 1 nitrogen and oxygen atoms in total. The van der Waals surface area contributed by atoms with Crippen LogP contribution >= 0.6 is 0 Å². The molecular weight excluding hydrogens is 255 g/mol. The third kappa shape index (κ3) is 6.29. The van der Waals surface area contributed by atoms with Crippen LogP contribution in [0.3, 0.4) is 0 Å². The summed E-state index contributed by atoms with van der Waals surface area (Å²) in [5.41, 5.74) is 1.71. The van der Waals surface area contributed by atoms with Crippen molar-refractivity contribution in [2.45, 2.75) is 26.7 Å². The average Bonchev–Trinajstić information content (AvgIpc) is 2.13. The number of hydrogen-bond donors (Lipinski definition) is 0. The SMILES string of the molecule is Cc1ccc(C(C)C)c(OC[B-](F)(F)F)c1.[K+]. The van der Waals surface area contributed by atoms with Crippen molar-refractivity contribution < 1.29 is 69.1 Å². The van der Waals surface area contributed by atoms with E-state index >= 15 is 0 Å². The van der Waals surface area contributed by atoms with E-state index in [-0.39, 0.29) is 57.3 Å². The molecule has 17 heavy (non-hydrogen) atoms. The number of benzene rings is 1. The van der Waals surface area contributed by atoms with Gasteiger partial charge in [-0.3, -0.25) is 0 Å².